The van der Waals surface area contributed by atoms with Crippen molar-refractivity contribution in [3.63, 3.8) is 0 Å². The van der Waals surface area contributed by atoms with Crippen LogP contribution < -0.4 is 26.6 Å². The summed E-state index contributed by atoms with van der Waals surface area (Å²) in [6, 6.07) is -4.38. The Bertz CT molecular complexity index is 809. The van der Waals surface area contributed by atoms with Gasteiger partial charge in [-0.3, -0.25) is 24.0 Å². The molecule has 2 aliphatic rings. The fraction of sp³-hybridized carbons (Fsp3) is 0.783. The highest BCUT2D eigenvalue weighted by molar-refractivity contribution is 8.76. The average Bonchev–Trinajstić information content (AvgIpc) is 2.77. The van der Waals surface area contributed by atoms with E-state index in [2.05, 4.69) is 26.6 Å². The second kappa shape index (κ2) is 13.4. The molecule has 2 saturated heterocycles. The molecular weight excluding hydrogens is 490 g/mol. The Kier molecular flexibility index (Phi) is 11.2. The summed E-state index contributed by atoms with van der Waals surface area (Å²) < 4.78 is 0. The van der Waals surface area contributed by atoms with E-state index in [9.17, 15) is 24.0 Å². The summed E-state index contributed by atoms with van der Waals surface area (Å²) in [4.78, 5) is 65.8. The Hall–Kier alpha value is -1.95. The van der Waals surface area contributed by atoms with Crippen LogP contribution in [-0.2, 0) is 24.0 Å². The van der Waals surface area contributed by atoms with Crippen LogP contribution in [-0.4, -0.2) is 71.3 Å². The maximum absolute atomic E-state index is 13.3. The molecule has 2 heterocycles. The zero-order valence-electron chi connectivity index (χ0n) is 21.3. The van der Waals surface area contributed by atoms with Gasteiger partial charge in [0.2, 0.25) is 29.5 Å². The van der Waals surface area contributed by atoms with Crippen molar-refractivity contribution in [1.29, 1.82) is 0 Å². The lowest BCUT2D eigenvalue weighted by atomic mass is 9.95. The zero-order chi connectivity index (χ0) is 26.3. The molecule has 10 nitrogen and oxygen atoms in total. The van der Waals surface area contributed by atoms with Gasteiger partial charge < -0.3 is 26.6 Å². The van der Waals surface area contributed by atoms with Crippen molar-refractivity contribution in [2.24, 2.45) is 17.8 Å². The third-order valence-electron chi connectivity index (χ3n) is 6.20. The van der Waals surface area contributed by atoms with Gasteiger partial charge in [-0.25, -0.2) is 0 Å². The Morgan fingerprint density at radius 1 is 0.686 bits per heavy atom. The van der Waals surface area contributed by atoms with Crippen molar-refractivity contribution in [3.8, 4) is 0 Å². The molecule has 0 unspecified atom stereocenters. The van der Waals surface area contributed by atoms with Crippen molar-refractivity contribution in [3.05, 3.63) is 0 Å². The quantitative estimate of drug-likeness (QED) is 0.327. The van der Waals surface area contributed by atoms with Crippen LogP contribution in [0.3, 0.4) is 0 Å². The molecule has 0 aromatic carbocycles. The van der Waals surface area contributed by atoms with E-state index in [4.69, 9.17) is 0 Å². The molecule has 5 amide bonds. The molecule has 2 rings (SSSR count). The van der Waals surface area contributed by atoms with Gasteiger partial charge in [0.05, 0.1) is 0 Å². The van der Waals surface area contributed by atoms with Crippen LogP contribution >= 0.6 is 21.6 Å². The summed E-state index contributed by atoms with van der Waals surface area (Å²) in [5.41, 5.74) is 0. The van der Waals surface area contributed by atoms with E-state index in [0.29, 0.717) is 24.3 Å². The largest absolute Gasteiger partial charge is 0.342 e. The molecule has 0 saturated carbocycles. The van der Waals surface area contributed by atoms with Gasteiger partial charge in [0, 0.05) is 11.5 Å². The van der Waals surface area contributed by atoms with Gasteiger partial charge in [-0.15, -0.1) is 0 Å². The number of amides is 5. The number of rotatable bonds is 5. The third kappa shape index (κ3) is 8.30. The van der Waals surface area contributed by atoms with Gasteiger partial charge in [0.15, 0.2) is 0 Å². The van der Waals surface area contributed by atoms with Crippen molar-refractivity contribution in [2.45, 2.75) is 84.6 Å². The molecule has 2 fully saturated rings. The fourth-order valence-corrected chi connectivity index (χ4v) is 6.17. The second-order valence-electron chi connectivity index (χ2n) is 9.98. The maximum atomic E-state index is 13.3. The zero-order valence-corrected chi connectivity index (χ0v) is 22.9. The highest BCUT2D eigenvalue weighted by Crippen LogP contribution is 2.25. The molecule has 0 radical (unpaired) electrons. The van der Waals surface area contributed by atoms with Gasteiger partial charge >= 0.3 is 0 Å². The predicted octanol–water partition coefficient (Wildman–Crippen LogP) is 0.567. The molecule has 0 aromatic heterocycles. The smallest absolute Gasteiger partial charge is 0.244 e. The lowest BCUT2D eigenvalue weighted by molar-refractivity contribution is -0.135. The molecule has 198 valence electrons. The van der Waals surface area contributed by atoms with Gasteiger partial charge in [0.1, 0.15) is 30.2 Å². The molecule has 2 bridgehead atoms. The van der Waals surface area contributed by atoms with Gasteiger partial charge in [-0.2, -0.15) is 0 Å². The number of carbonyl (C=O) groups excluding carboxylic acids is 5. The average molecular weight is 530 g/mol. The molecule has 5 N–H and O–H groups in total. The molecule has 0 spiro atoms. The molecule has 12 heteroatoms. The Balaban J connectivity index is 2.49. The van der Waals surface area contributed by atoms with Gasteiger partial charge in [0.25, 0.3) is 0 Å². The Morgan fingerprint density at radius 2 is 1.17 bits per heavy atom. The normalized spacial score (nSPS) is 30.2. The minimum atomic E-state index is -0.894. The standard InChI is InChI=1S/C23H39N5O5S2/c1-7-13(6)18-23(33)27-17(12(4)5)22(32)26-16-10-35-34-9-15(25-21(16)31)20(30)24-14(8-11(2)3)19(29)28-18/h11-18H,7-10H2,1-6H3,(H,24,30)(H,25,31)(H,26,32)(H,27,33)(H,28,29)/t13-,14+,15-,16-,17+,18-/m1/s1. The van der Waals surface area contributed by atoms with Crippen LogP contribution in [0.15, 0.2) is 0 Å². The van der Waals surface area contributed by atoms with Gasteiger partial charge in [-0.1, -0.05) is 69.6 Å². The summed E-state index contributed by atoms with van der Waals surface area (Å²) in [6.45, 7) is 11.2. The molecule has 35 heavy (non-hydrogen) atoms. The van der Waals surface area contributed by atoms with Crippen molar-refractivity contribution in [1.82, 2.24) is 26.6 Å². The lowest BCUT2D eigenvalue weighted by Gasteiger charge is -2.30. The molecular formula is C23H39N5O5S2. The van der Waals surface area contributed by atoms with Crippen molar-refractivity contribution in [2.75, 3.05) is 11.5 Å². The van der Waals surface area contributed by atoms with Crippen LogP contribution in [0.4, 0.5) is 0 Å². The Labute approximate surface area is 215 Å². The summed E-state index contributed by atoms with van der Waals surface area (Å²) in [6.07, 6.45) is 0.987. The van der Waals surface area contributed by atoms with Crippen LogP contribution in [0.25, 0.3) is 0 Å². The number of fused-ring (bicyclic) bond motifs is 3. The second-order valence-corrected chi connectivity index (χ2v) is 12.5. The summed E-state index contributed by atoms with van der Waals surface area (Å²) in [5.74, 6) is -2.10. The van der Waals surface area contributed by atoms with E-state index >= 15 is 0 Å². The molecule has 2 aliphatic heterocycles. The van der Waals surface area contributed by atoms with E-state index in [0.717, 1.165) is 0 Å². The first-order valence-corrected chi connectivity index (χ1v) is 14.7. The first kappa shape index (κ1) is 29.3. The van der Waals surface area contributed by atoms with Crippen LogP contribution in [0, 0.1) is 17.8 Å². The molecule has 0 aromatic rings. The number of nitrogens with one attached hydrogen (secondary N) is 5. The maximum Gasteiger partial charge on any atom is 0.244 e. The highest BCUT2D eigenvalue weighted by Gasteiger charge is 2.37. The van der Waals surface area contributed by atoms with Crippen LogP contribution in [0.5, 0.6) is 0 Å². The number of hydrogen-bond acceptors (Lipinski definition) is 7. The van der Waals surface area contributed by atoms with E-state index < -0.39 is 59.7 Å². The third-order valence-corrected chi connectivity index (χ3v) is 8.62. The van der Waals surface area contributed by atoms with E-state index in [1.165, 1.54) is 21.6 Å². The van der Waals surface area contributed by atoms with E-state index in [-0.39, 0.29) is 17.8 Å². The van der Waals surface area contributed by atoms with Gasteiger partial charge in [-0.05, 0) is 24.2 Å². The molecule has 0 aliphatic carbocycles. The first-order valence-electron chi connectivity index (χ1n) is 12.2. The Morgan fingerprint density at radius 3 is 1.69 bits per heavy atom. The minimum Gasteiger partial charge on any atom is -0.342 e. The summed E-state index contributed by atoms with van der Waals surface area (Å²) in [5, 5.41) is 13.9. The van der Waals surface area contributed by atoms with E-state index in [1.807, 2.05) is 27.7 Å². The predicted molar refractivity (Wildman–Crippen MR) is 138 cm³/mol. The molecule has 6 atom stereocenters. The van der Waals surface area contributed by atoms with Crippen molar-refractivity contribution < 1.29 is 24.0 Å². The summed E-state index contributed by atoms with van der Waals surface area (Å²) in [7, 11) is 2.80. The lowest BCUT2D eigenvalue weighted by Crippen LogP contribution is -2.60. The van der Waals surface area contributed by atoms with Crippen LogP contribution in [0.1, 0.15) is 54.4 Å². The monoisotopic (exact) mass is 529 g/mol. The van der Waals surface area contributed by atoms with Crippen molar-refractivity contribution >= 4 is 51.1 Å². The highest BCUT2D eigenvalue weighted by atomic mass is 33.1. The minimum absolute atomic E-state index is 0.0948. The SMILES string of the molecule is CC[C@@H](C)[C@H]1NC(=O)[C@H](CC(C)C)NC(=O)[C@H]2CSSC[C@@H](NC(=O)[C@H](C(C)C)NC1=O)C(=O)N2. The summed E-state index contributed by atoms with van der Waals surface area (Å²) >= 11 is 0. The first-order chi connectivity index (χ1) is 16.4. The number of hydrogen-bond donors (Lipinski definition) is 5. The van der Waals surface area contributed by atoms with E-state index in [1.54, 1.807) is 13.8 Å². The fourth-order valence-electron chi connectivity index (χ4n) is 3.84. The topological polar surface area (TPSA) is 146 Å². The van der Waals surface area contributed by atoms with Crippen LogP contribution in [0.2, 0.25) is 0 Å². The number of carbonyl (C=O) groups is 5.